The molecular formula is C15H20N4O. The third-order valence-corrected chi connectivity index (χ3v) is 3.12. The number of para-hydroxylation sites is 1. The monoisotopic (exact) mass is 272 g/mol. The van der Waals surface area contributed by atoms with Crippen LogP contribution in [0.15, 0.2) is 42.7 Å². The van der Waals surface area contributed by atoms with Gasteiger partial charge in [0.1, 0.15) is 0 Å². The molecule has 0 aliphatic heterocycles. The highest BCUT2D eigenvalue weighted by molar-refractivity contribution is 5.93. The molecular weight excluding hydrogens is 252 g/mol. The number of anilines is 2. The fraction of sp³-hybridized carbons (Fsp3) is 0.333. The summed E-state index contributed by atoms with van der Waals surface area (Å²) in [5, 5.41) is 7.36. The van der Waals surface area contributed by atoms with Crippen molar-refractivity contribution >= 4 is 17.3 Å². The van der Waals surface area contributed by atoms with Gasteiger partial charge in [0.2, 0.25) is 5.91 Å². The van der Waals surface area contributed by atoms with Gasteiger partial charge in [-0.15, -0.1) is 0 Å². The number of carbonyl (C=O) groups is 1. The molecule has 0 radical (unpaired) electrons. The molecule has 5 heteroatoms. The lowest BCUT2D eigenvalue weighted by molar-refractivity contribution is -0.118. The van der Waals surface area contributed by atoms with Crippen LogP contribution in [0.2, 0.25) is 0 Å². The van der Waals surface area contributed by atoms with Crippen LogP contribution >= 0.6 is 0 Å². The van der Waals surface area contributed by atoms with Gasteiger partial charge in [-0.1, -0.05) is 18.2 Å². The predicted octanol–water partition coefficient (Wildman–Crippen LogP) is 2.27. The lowest BCUT2D eigenvalue weighted by Gasteiger charge is -2.20. The second kappa shape index (κ2) is 6.23. The number of carbonyl (C=O) groups excluding carboxylic acids is 1. The van der Waals surface area contributed by atoms with Crippen LogP contribution in [0.5, 0.6) is 0 Å². The number of benzene rings is 1. The molecule has 0 saturated carbocycles. The van der Waals surface area contributed by atoms with Gasteiger partial charge >= 0.3 is 0 Å². The minimum Gasteiger partial charge on any atom is -0.380 e. The van der Waals surface area contributed by atoms with Crippen LogP contribution in [-0.2, 0) is 11.8 Å². The molecule has 106 valence electrons. The van der Waals surface area contributed by atoms with Gasteiger partial charge in [0.15, 0.2) is 0 Å². The second-order valence-electron chi connectivity index (χ2n) is 4.94. The summed E-state index contributed by atoms with van der Waals surface area (Å²) in [6.07, 6.45) is 4.07. The topological polar surface area (TPSA) is 50.2 Å². The summed E-state index contributed by atoms with van der Waals surface area (Å²) >= 11 is 0. The van der Waals surface area contributed by atoms with Gasteiger partial charge in [-0.3, -0.25) is 9.48 Å². The van der Waals surface area contributed by atoms with Crippen molar-refractivity contribution in [3.05, 3.63) is 42.7 Å². The van der Waals surface area contributed by atoms with Crippen molar-refractivity contribution in [2.45, 2.75) is 19.4 Å². The van der Waals surface area contributed by atoms with E-state index in [1.165, 1.54) is 0 Å². The highest BCUT2D eigenvalue weighted by Gasteiger charge is 2.14. The van der Waals surface area contributed by atoms with E-state index < -0.39 is 0 Å². The number of aromatic nitrogens is 2. The molecule has 0 spiro atoms. The van der Waals surface area contributed by atoms with Crippen LogP contribution in [0.3, 0.4) is 0 Å². The molecule has 0 fully saturated rings. The standard InChI is InChI=1S/C15H20N4O/c1-12(17-13-10-16-18(2)11-13)9-15(20)19(3)14-7-5-4-6-8-14/h4-8,10-12,17H,9H2,1-3H3/t12-/m1/s1. The molecule has 1 N–H and O–H groups in total. The molecule has 2 aromatic rings. The lowest BCUT2D eigenvalue weighted by atomic mass is 10.2. The smallest absolute Gasteiger partial charge is 0.228 e. The molecule has 1 aromatic carbocycles. The van der Waals surface area contributed by atoms with E-state index >= 15 is 0 Å². The average molecular weight is 272 g/mol. The summed E-state index contributed by atoms with van der Waals surface area (Å²) in [7, 11) is 3.67. The number of amides is 1. The van der Waals surface area contributed by atoms with Crippen LogP contribution in [0, 0.1) is 0 Å². The fourth-order valence-electron chi connectivity index (χ4n) is 2.03. The number of rotatable bonds is 5. The van der Waals surface area contributed by atoms with E-state index in [0.717, 1.165) is 11.4 Å². The SMILES string of the molecule is C[C@H](CC(=O)N(C)c1ccccc1)Nc1cnn(C)c1. The maximum Gasteiger partial charge on any atom is 0.228 e. The normalized spacial score (nSPS) is 11.9. The minimum atomic E-state index is 0.0536. The summed E-state index contributed by atoms with van der Waals surface area (Å²) in [6.45, 7) is 1.99. The van der Waals surface area contributed by atoms with Crippen molar-refractivity contribution in [2.75, 3.05) is 17.3 Å². The molecule has 0 bridgehead atoms. The number of hydrogen-bond acceptors (Lipinski definition) is 3. The third kappa shape index (κ3) is 3.60. The Balaban J connectivity index is 1.90. The van der Waals surface area contributed by atoms with Gasteiger partial charge in [-0.05, 0) is 19.1 Å². The highest BCUT2D eigenvalue weighted by atomic mass is 16.2. The van der Waals surface area contributed by atoms with Crippen LogP contribution in [0.4, 0.5) is 11.4 Å². The number of hydrogen-bond donors (Lipinski definition) is 1. The molecule has 1 heterocycles. The first-order valence-electron chi connectivity index (χ1n) is 6.63. The summed E-state index contributed by atoms with van der Waals surface area (Å²) in [4.78, 5) is 13.9. The van der Waals surface area contributed by atoms with E-state index in [9.17, 15) is 4.79 Å². The predicted molar refractivity (Wildman–Crippen MR) is 80.8 cm³/mol. The van der Waals surface area contributed by atoms with Crippen LogP contribution in [-0.4, -0.2) is 28.8 Å². The fourth-order valence-corrected chi connectivity index (χ4v) is 2.03. The van der Waals surface area contributed by atoms with E-state index in [0.29, 0.717) is 6.42 Å². The quantitative estimate of drug-likeness (QED) is 0.908. The van der Waals surface area contributed by atoms with Crippen molar-refractivity contribution in [1.29, 1.82) is 0 Å². The Bertz CT molecular complexity index is 564. The van der Waals surface area contributed by atoms with Crippen molar-refractivity contribution in [3.8, 4) is 0 Å². The second-order valence-corrected chi connectivity index (χ2v) is 4.94. The summed E-state index contributed by atoms with van der Waals surface area (Å²) in [5.41, 5.74) is 1.83. The van der Waals surface area contributed by atoms with Crippen LogP contribution in [0.25, 0.3) is 0 Å². The van der Waals surface area contributed by atoms with Crippen LogP contribution in [0.1, 0.15) is 13.3 Å². The molecule has 0 aliphatic rings. The van der Waals surface area contributed by atoms with Gasteiger partial charge in [-0.25, -0.2) is 0 Å². The zero-order valence-electron chi connectivity index (χ0n) is 12.1. The Kier molecular flexibility index (Phi) is 4.40. The first kappa shape index (κ1) is 14.1. The minimum absolute atomic E-state index is 0.0536. The maximum atomic E-state index is 12.2. The molecule has 0 aliphatic carbocycles. The van der Waals surface area contributed by atoms with Gasteiger partial charge in [0, 0.05) is 38.4 Å². The van der Waals surface area contributed by atoms with Crippen molar-refractivity contribution in [1.82, 2.24) is 9.78 Å². The molecule has 1 amide bonds. The molecule has 2 rings (SSSR count). The van der Waals surface area contributed by atoms with E-state index in [4.69, 9.17) is 0 Å². The highest BCUT2D eigenvalue weighted by Crippen LogP contribution is 2.14. The van der Waals surface area contributed by atoms with Crippen LogP contribution < -0.4 is 10.2 Å². The summed E-state index contributed by atoms with van der Waals surface area (Å²) in [5.74, 6) is 0.0834. The Morgan fingerprint density at radius 2 is 2.10 bits per heavy atom. The number of aryl methyl sites for hydroxylation is 1. The van der Waals surface area contributed by atoms with Crippen molar-refractivity contribution < 1.29 is 4.79 Å². The van der Waals surface area contributed by atoms with Gasteiger partial charge < -0.3 is 10.2 Å². The number of nitrogens with one attached hydrogen (secondary N) is 1. The van der Waals surface area contributed by atoms with Crippen molar-refractivity contribution in [3.63, 3.8) is 0 Å². The molecule has 1 aromatic heterocycles. The molecule has 0 saturated heterocycles. The van der Waals surface area contributed by atoms with E-state index in [2.05, 4.69) is 10.4 Å². The zero-order chi connectivity index (χ0) is 14.5. The van der Waals surface area contributed by atoms with Gasteiger partial charge in [-0.2, -0.15) is 5.10 Å². The lowest BCUT2D eigenvalue weighted by Crippen LogP contribution is -2.31. The van der Waals surface area contributed by atoms with Gasteiger partial charge in [0.05, 0.1) is 11.9 Å². The molecule has 0 unspecified atom stereocenters. The first-order valence-corrected chi connectivity index (χ1v) is 6.63. The maximum absolute atomic E-state index is 12.2. The zero-order valence-corrected chi connectivity index (χ0v) is 12.1. The third-order valence-electron chi connectivity index (χ3n) is 3.12. The molecule has 1 atom stereocenters. The first-order chi connectivity index (χ1) is 9.56. The van der Waals surface area contributed by atoms with Gasteiger partial charge in [0.25, 0.3) is 0 Å². The van der Waals surface area contributed by atoms with E-state index in [1.807, 2.05) is 50.5 Å². The van der Waals surface area contributed by atoms with E-state index in [-0.39, 0.29) is 11.9 Å². The number of nitrogens with zero attached hydrogens (tertiary/aromatic N) is 3. The molecule has 20 heavy (non-hydrogen) atoms. The Morgan fingerprint density at radius 3 is 2.70 bits per heavy atom. The Hall–Kier alpha value is -2.30. The Labute approximate surface area is 119 Å². The molecule has 5 nitrogen and oxygen atoms in total. The largest absolute Gasteiger partial charge is 0.380 e. The average Bonchev–Trinajstić information content (AvgIpc) is 2.84. The summed E-state index contributed by atoms with van der Waals surface area (Å²) < 4.78 is 1.73. The summed E-state index contributed by atoms with van der Waals surface area (Å²) in [6, 6.07) is 9.70. The van der Waals surface area contributed by atoms with E-state index in [1.54, 1.807) is 22.8 Å². The Morgan fingerprint density at radius 1 is 1.40 bits per heavy atom. The van der Waals surface area contributed by atoms with Crippen molar-refractivity contribution in [2.24, 2.45) is 7.05 Å².